The van der Waals surface area contributed by atoms with Gasteiger partial charge in [0.1, 0.15) is 0 Å². The Morgan fingerprint density at radius 2 is 1.80 bits per heavy atom. The van der Waals surface area contributed by atoms with E-state index in [0.29, 0.717) is 0 Å². The largest absolute Gasteiger partial charge is 0.0625 e. The first-order valence-electron chi connectivity index (χ1n) is 6.29. The Labute approximate surface area is 93.7 Å². The maximum Gasteiger partial charge on any atom is -0.0248 e. The van der Waals surface area contributed by atoms with Crippen LogP contribution in [0.5, 0.6) is 0 Å². The van der Waals surface area contributed by atoms with Crippen molar-refractivity contribution in [1.29, 1.82) is 0 Å². The summed E-state index contributed by atoms with van der Waals surface area (Å²) in [4.78, 5) is 0. The molecule has 0 amide bonds. The Hall–Kier alpha value is -0.780. The van der Waals surface area contributed by atoms with Gasteiger partial charge in [-0.05, 0) is 36.2 Å². The van der Waals surface area contributed by atoms with E-state index in [-0.39, 0.29) is 0 Å². The molecule has 2 rings (SSSR count). The van der Waals surface area contributed by atoms with Gasteiger partial charge in [-0.1, -0.05) is 57.0 Å². The predicted molar refractivity (Wildman–Crippen MR) is 65.8 cm³/mol. The predicted octanol–water partition coefficient (Wildman–Crippen LogP) is 4.30. The second kappa shape index (κ2) is 4.83. The first kappa shape index (κ1) is 10.7. The molecule has 0 bridgehead atoms. The van der Waals surface area contributed by atoms with Crippen LogP contribution in [0.15, 0.2) is 30.3 Å². The Balaban J connectivity index is 1.98. The van der Waals surface area contributed by atoms with E-state index >= 15 is 0 Å². The molecule has 0 N–H and O–H groups in total. The van der Waals surface area contributed by atoms with Crippen molar-refractivity contribution in [1.82, 2.24) is 0 Å². The van der Waals surface area contributed by atoms with Crippen LogP contribution in [0, 0.1) is 17.8 Å². The SMILES string of the molecule is CC1CCC(C)C(Cc2ccccc2)C1. The Kier molecular flexibility index (Phi) is 3.45. The molecule has 0 radical (unpaired) electrons. The van der Waals surface area contributed by atoms with E-state index in [1.54, 1.807) is 0 Å². The van der Waals surface area contributed by atoms with Gasteiger partial charge in [0.25, 0.3) is 0 Å². The molecule has 0 heterocycles. The van der Waals surface area contributed by atoms with Gasteiger partial charge in [0, 0.05) is 0 Å². The van der Waals surface area contributed by atoms with Gasteiger partial charge in [-0.2, -0.15) is 0 Å². The lowest BCUT2D eigenvalue weighted by molar-refractivity contribution is 0.203. The number of benzene rings is 1. The van der Waals surface area contributed by atoms with Crippen molar-refractivity contribution in [2.45, 2.75) is 39.5 Å². The Morgan fingerprint density at radius 3 is 2.53 bits per heavy atom. The van der Waals surface area contributed by atoms with Crippen molar-refractivity contribution in [3.8, 4) is 0 Å². The van der Waals surface area contributed by atoms with Crippen molar-refractivity contribution in [3.63, 3.8) is 0 Å². The number of hydrogen-bond donors (Lipinski definition) is 0. The van der Waals surface area contributed by atoms with E-state index in [0.717, 1.165) is 17.8 Å². The third-order valence-electron chi connectivity index (χ3n) is 3.97. The lowest BCUT2D eigenvalue weighted by Gasteiger charge is -2.32. The Bertz CT molecular complexity index is 288. The molecular weight excluding hydrogens is 180 g/mol. The summed E-state index contributed by atoms with van der Waals surface area (Å²) in [5.74, 6) is 2.77. The summed E-state index contributed by atoms with van der Waals surface area (Å²) in [5, 5.41) is 0. The molecule has 15 heavy (non-hydrogen) atoms. The summed E-state index contributed by atoms with van der Waals surface area (Å²) < 4.78 is 0. The molecule has 0 heteroatoms. The van der Waals surface area contributed by atoms with Gasteiger partial charge in [-0.15, -0.1) is 0 Å². The van der Waals surface area contributed by atoms with Gasteiger partial charge < -0.3 is 0 Å². The highest BCUT2D eigenvalue weighted by molar-refractivity contribution is 5.15. The van der Waals surface area contributed by atoms with Gasteiger partial charge in [0.05, 0.1) is 0 Å². The zero-order valence-corrected chi connectivity index (χ0v) is 9.95. The molecule has 0 aromatic heterocycles. The first-order valence-corrected chi connectivity index (χ1v) is 6.29. The maximum absolute atomic E-state index is 2.43. The van der Waals surface area contributed by atoms with Gasteiger partial charge in [0.15, 0.2) is 0 Å². The minimum absolute atomic E-state index is 0.913. The highest BCUT2D eigenvalue weighted by Crippen LogP contribution is 2.35. The fourth-order valence-corrected chi connectivity index (χ4v) is 2.85. The van der Waals surface area contributed by atoms with Crippen LogP contribution >= 0.6 is 0 Å². The van der Waals surface area contributed by atoms with Crippen molar-refractivity contribution in [3.05, 3.63) is 35.9 Å². The molecule has 0 nitrogen and oxygen atoms in total. The molecular formula is C15H22. The fraction of sp³-hybridized carbons (Fsp3) is 0.600. The van der Waals surface area contributed by atoms with E-state index in [2.05, 4.69) is 44.2 Å². The molecule has 0 aliphatic heterocycles. The van der Waals surface area contributed by atoms with Crippen LogP contribution in [-0.2, 0) is 6.42 Å². The smallest absolute Gasteiger partial charge is 0.0248 e. The van der Waals surface area contributed by atoms with E-state index in [1.807, 2.05) is 0 Å². The third-order valence-corrected chi connectivity index (χ3v) is 3.97. The van der Waals surface area contributed by atoms with Crippen LogP contribution in [-0.4, -0.2) is 0 Å². The molecule has 3 atom stereocenters. The lowest BCUT2D eigenvalue weighted by atomic mass is 9.73. The molecule has 0 saturated heterocycles. The number of hydrogen-bond acceptors (Lipinski definition) is 0. The van der Waals surface area contributed by atoms with Gasteiger partial charge in [-0.25, -0.2) is 0 Å². The Morgan fingerprint density at radius 1 is 1.07 bits per heavy atom. The van der Waals surface area contributed by atoms with E-state index in [9.17, 15) is 0 Å². The molecule has 3 unspecified atom stereocenters. The maximum atomic E-state index is 2.43. The summed E-state index contributed by atoms with van der Waals surface area (Å²) in [5.41, 5.74) is 1.52. The highest BCUT2D eigenvalue weighted by atomic mass is 14.3. The van der Waals surface area contributed by atoms with Gasteiger partial charge in [0.2, 0.25) is 0 Å². The summed E-state index contributed by atoms with van der Waals surface area (Å²) in [6.07, 6.45) is 5.58. The summed E-state index contributed by atoms with van der Waals surface area (Å²) >= 11 is 0. The van der Waals surface area contributed by atoms with E-state index in [4.69, 9.17) is 0 Å². The van der Waals surface area contributed by atoms with E-state index in [1.165, 1.54) is 31.2 Å². The molecule has 0 spiro atoms. The topological polar surface area (TPSA) is 0 Å². The fourth-order valence-electron chi connectivity index (χ4n) is 2.85. The average molecular weight is 202 g/mol. The van der Waals surface area contributed by atoms with Crippen LogP contribution in [0.2, 0.25) is 0 Å². The zero-order chi connectivity index (χ0) is 10.7. The molecule has 1 aromatic rings. The molecule has 1 aliphatic rings. The third kappa shape index (κ3) is 2.84. The zero-order valence-electron chi connectivity index (χ0n) is 9.95. The van der Waals surface area contributed by atoms with Crippen LogP contribution in [0.3, 0.4) is 0 Å². The monoisotopic (exact) mass is 202 g/mol. The second-order valence-electron chi connectivity index (χ2n) is 5.35. The molecule has 1 aromatic carbocycles. The van der Waals surface area contributed by atoms with Crippen LogP contribution in [0.1, 0.15) is 38.7 Å². The minimum Gasteiger partial charge on any atom is -0.0625 e. The molecule has 1 saturated carbocycles. The quantitative estimate of drug-likeness (QED) is 0.670. The minimum atomic E-state index is 0.913. The lowest BCUT2D eigenvalue weighted by Crippen LogP contribution is -2.23. The highest BCUT2D eigenvalue weighted by Gasteiger charge is 2.25. The van der Waals surface area contributed by atoms with Crippen molar-refractivity contribution < 1.29 is 0 Å². The average Bonchev–Trinajstić information content (AvgIpc) is 2.25. The van der Waals surface area contributed by atoms with Crippen molar-refractivity contribution >= 4 is 0 Å². The van der Waals surface area contributed by atoms with Crippen LogP contribution < -0.4 is 0 Å². The number of rotatable bonds is 2. The van der Waals surface area contributed by atoms with Crippen molar-refractivity contribution in [2.75, 3.05) is 0 Å². The van der Waals surface area contributed by atoms with Crippen molar-refractivity contribution in [2.24, 2.45) is 17.8 Å². The standard InChI is InChI=1S/C15H22/c1-12-8-9-13(2)15(10-12)11-14-6-4-3-5-7-14/h3-7,12-13,15H,8-11H2,1-2H3. The normalized spacial score (nSPS) is 31.5. The summed E-state index contributed by atoms with van der Waals surface area (Å²) in [6, 6.07) is 11.0. The molecule has 1 aliphatic carbocycles. The van der Waals surface area contributed by atoms with Gasteiger partial charge >= 0.3 is 0 Å². The summed E-state index contributed by atoms with van der Waals surface area (Å²) in [7, 11) is 0. The molecule has 82 valence electrons. The first-order chi connectivity index (χ1) is 7.25. The second-order valence-corrected chi connectivity index (χ2v) is 5.35. The van der Waals surface area contributed by atoms with E-state index < -0.39 is 0 Å². The van der Waals surface area contributed by atoms with Crippen LogP contribution in [0.4, 0.5) is 0 Å². The summed E-state index contributed by atoms with van der Waals surface area (Å²) in [6.45, 7) is 4.84. The van der Waals surface area contributed by atoms with Gasteiger partial charge in [-0.3, -0.25) is 0 Å². The molecule has 1 fully saturated rings. The van der Waals surface area contributed by atoms with Crippen LogP contribution in [0.25, 0.3) is 0 Å².